The second-order valence-electron chi connectivity index (χ2n) is 4.13. The first-order chi connectivity index (χ1) is 8.97. The summed E-state index contributed by atoms with van der Waals surface area (Å²) in [6.07, 6.45) is 1.82. The minimum Gasteiger partial charge on any atom is -0.343 e. The van der Waals surface area contributed by atoms with E-state index in [0.29, 0.717) is 5.56 Å². The molecule has 0 bridgehead atoms. The van der Waals surface area contributed by atoms with Gasteiger partial charge in [0.25, 0.3) is 5.91 Å². The van der Waals surface area contributed by atoms with Gasteiger partial charge in [-0.05, 0) is 48.0 Å². The minimum atomic E-state index is -0.111. The second kappa shape index (κ2) is 6.15. The van der Waals surface area contributed by atoms with Crippen molar-refractivity contribution in [2.24, 2.45) is 0 Å². The van der Waals surface area contributed by atoms with Crippen LogP contribution in [0.5, 0.6) is 0 Å². The highest BCUT2D eigenvalue weighted by Gasteiger charge is 2.16. The number of rotatable bonds is 3. The molecule has 0 saturated carbocycles. The second-order valence-corrected chi connectivity index (χ2v) is 7.16. The Hall–Kier alpha value is -0.720. The summed E-state index contributed by atoms with van der Waals surface area (Å²) in [7, 11) is 0. The van der Waals surface area contributed by atoms with Crippen molar-refractivity contribution in [2.75, 3.05) is 0 Å². The SMILES string of the molecule is Cc1cnc(C(C)NC(=O)c2ccc(Br)cc2Br)s1. The molecule has 3 nitrogen and oxygen atoms in total. The van der Waals surface area contributed by atoms with Crippen molar-refractivity contribution in [1.29, 1.82) is 0 Å². The van der Waals surface area contributed by atoms with Gasteiger partial charge in [0, 0.05) is 20.0 Å². The van der Waals surface area contributed by atoms with Gasteiger partial charge in [0.05, 0.1) is 11.6 Å². The first-order valence-corrected chi connectivity index (χ1v) is 8.06. The molecule has 2 aromatic rings. The van der Waals surface area contributed by atoms with Gasteiger partial charge in [-0.2, -0.15) is 0 Å². The Morgan fingerprint density at radius 2 is 2.16 bits per heavy atom. The van der Waals surface area contributed by atoms with Crippen molar-refractivity contribution in [2.45, 2.75) is 19.9 Å². The number of benzene rings is 1. The maximum atomic E-state index is 12.2. The lowest BCUT2D eigenvalue weighted by atomic mass is 10.2. The molecule has 1 amide bonds. The molecule has 0 aliphatic rings. The Labute approximate surface area is 132 Å². The summed E-state index contributed by atoms with van der Waals surface area (Å²) >= 11 is 8.35. The van der Waals surface area contributed by atoms with Crippen LogP contribution in [0.2, 0.25) is 0 Å². The number of nitrogens with one attached hydrogen (secondary N) is 1. The van der Waals surface area contributed by atoms with Gasteiger partial charge in [0.1, 0.15) is 5.01 Å². The van der Waals surface area contributed by atoms with Gasteiger partial charge in [-0.3, -0.25) is 4.79 Å². The first-order valence-electron chi connectivity index (χ1n) is 5.65. The van der Waals surface area contributed by atoms with Crippen LogP contribution in [-0.4, -0.2) is 10.9 Å². The quantitative estimate of drug-likeness (QED) is 0.821. The van der Waals surface area contributed by atoms with E-state index >= 15 is 0 Å². The molecule has 2 rings (SSSR count). The summed E-state index contributed by atoms with van der Waals surface area (Å²) in [5, 5.41) is 3.87. The molecule has 0 spiro atoms. The van der Waals surface area contributed by atoms with E-state index in [4.69, 9.17) is 0 Å². The molecular formula is C13H12Br2N2OS. The lowest BCUT2D eigenvalue weighted by Crippen LogP contribution is -2.26. The largest absolute Gasteiger partial charge is 0.343 e. The van der Waals surface area contributed by atoms with Crippen molar-refractivity contribution < 1.29 is 4.79 Å². The number of thiazole rings is 1. The maximum Gasteiger partial charge on any atom is 0.252 e. The van der Waals surface area contributed by atoms with Crippen LogP contribution in [0.15, 0.2) is 33.3 Å². The van der Waals surface area contributed by atoms with Crippen LogP contribution in [0.25, 0.3) is 0 Å². The normalized spacial score (nSPS) is 12.2. The fourth-order valence-corrected chi connectivity index (χ4v) is 3.59. The molecule has 1 atom stereocenters. The molecule has 1 N–H and O–H groups in total. The zero-order chi connectivity index (χ0) is 14.0. The van der Waals surface area contributed by atoms with E-state index in [9.17, 15) is 4.79 Å². The summed E-state index contributed by atoms with van der Waals surface area (Å²) in [6.45, 7) is 3.93. The standard InChI is InChI=1S/C13H12Br2N2OS/c1-7-6-16-13(19-7)8(2)17-12(18)10-4-3-9(14)5-11(10)15/h3-6,8H,1-2H3,(H,17,18). The van der Waals surface area contributed by atoms with Gasteiger partial charge in [-0.1, -0.05) is 15.9 Å². The number of amides is 1. The van der Waals surface area contributed by atoms with Crippen LogP contribution in [0, 0.1) is 6.92 Å². The molecule has 0 radical (unpaired) electrons. The van der Waals surface area contributed by atoms with Gasteiger partial charge < -0.3 is 5.32 Å². The van der Waals surface area contributed by atoms with Crippen LogP contribution in [0.4, 0.5) is 0 Å². The van der Waals surface area contributed by atoms with E-state index in [1.165, 1.54) is 0 Å². The molecule has 0 fully saturated rings. The minimum absolute atomic E-state index is 0.0956. The van der Waals surface area contributed by atoms with Gasteiger partial charge >= 0.3 is 0 Å². The number of nitrogens with zero attached hydrogens (tertiary/aromatic N) is 1. The molecule has 100 valence electrons. The van der Waals surface area contributed by atoms with E-state index in [1.807, 2.05) is 32.2 Å². The third-order valence-electron chi connectivity index (χ3n) is 2.53. The molecule has 1 heterocycles. The molecule has 1 unspecified atom stereocenters. The lowest BCUT2D eigenvalue weighted by Gasteiger charge is -2.12. The Balaban J connectivity index is 2.12. The van der Waals surface area contributed by atoms with Gasteiger partial charge in [0.2, 0.25) is 0 Å². The zero-order valence-corrected chi connectivity index (χ0v) is 14.4. The van der Waals surface area contributed by atoms with Crippen LogP contribution in [0.3, 0.4) is 0 Å². The monoisotopic (exact) mass is 402 g/mol. The predicted octanol–water partition coefficient (Wildman–Crippen LogP) is 4.47. The van der Waals surface area contributed by atoms with Crippen LogP contribution in [0.1, 0.15) is 33.2 Å². The van der Waals surface area contributed by atoms with Gasteiger partial charge in [0.15, 0.2) is 0 Å². The summed E-state index contributed by atoms with van der Waals surface area (Å²) < 4.78 is 1.70. The van der Waals surface area contributed by atoms with Crippen molar-refractivity contribution in [1.82, 2.24) is 10.3 Å². The first kappa shape index (κ1) is 14.7. The van der Waals surface area contributed by atoms with Crippen molar-refractivity contribution in [3.8, 4) is 0 Å². The van der Waals surface area contributed by atoms with E-state index in [-0.39, 0.29) is 11.9 Å². The van der Waals surface area contributed by atoms with Crippen LogP contribution >= 0.6 is 43.2 Å². The van der Waals surface area contributed by atoms with Crippen molar-refractivity contribution >= 4 is 49.1 Å². The molecule has 6 heteroatoms. The predicted molar refractivity (Wildman–Crippen MR) is 84.6 cm³/mol. The molecule has 19 heavy (non-hydrogen) atoms. The highest BCUT2D eigenvalue weighted by atomic mass is 79.9. The molecular weight excluding hydrogens is 392 g/mol. The fourth-order valence-electron chi connectivity index (χ4n) is 1.58. The number of carbonyl (C=O) groups excluding carboxylic acids is 1. The highest BCUT2D eigenvalue weighted by Crippen LogP contribution is 2.24. The van der Waals surface area contributed by atoms with Gasteiger partial charge in [-0.25, -0.2) is 4.98 Å². The summed E-state index contributed by atoms with van der Waals surface area (Å²) in [5.41, 5.74) is 0.614. The lowest BCUT2D eigenvalue weighted by molar-refractivity contribution is 0.0939. The van der Waals surface area contributed by atoms with Crippen LogP contribution < -0.4 is 5.32 Å². The highest BCUT2D eigenvalue weighted by molar-refractivity contribution is 9.11. The number of hydrogen-bond acceptors (Lipinski definition) is 3. The molecule has 1 aromatic heterocycles. The summed E-state index contributed by atoms with van der Waals surface area (Å²) in [4.78, 5) is 17.6. The average molecular weight is 404 g/mol. The van der Waals surface area contributed by atoms with E-state index in [2.05, 4.69) is 42.2 Å². The van der Waals surface area contributed by atoms with Crippen molar-refractivity contribution in [3.63, 3.8) is 0 Å². The topological polar surface area (TPSA) is 42.0 Å². The van der Waals surface area contributed by atoms with Gasteiger partial charge in [-0.15, -0.1) is 11.3 Å². The maximum absolute atomic E-state index is 12.2. The number of carbonyl (C=O) groups is 1. The smallest absolute Gasteiger partial charge is 0.252 e. The molecule has 0 aliphatic carbocycles. The summed E-state index contributed by atoms with van der Waals surface area (Å²) in [6, 6.07) is 5.38. The number of halogens is 2. The Morgan fingerprint density at radius 3 is 2.74 bits per heavy atom. The Morgan fingerprint density at radius 1 is 1.42 bits per heavy atom. The average Bonchev–Trinajstić information content (AvgIpc) is 2.75. The third kappa shape index (κ3) is 3.64. The van der Waals surface area contributed by atoms with Crippen LogP contribution in [-0.2, 0) is 0 Å². The third-order valence-corrected chi connectivity index (χ3v) is 4.78. The number of aryl methyl sites for hydroxylation is 1. The molecule has 0 saturated heterocycles. The fraction of sp³-hybridized carbons (Fsp3) is 0.231. The zero-order valence-electron chi connectivity index (χ0n) is 10.4. The van der Waals surface area contributed by atoms with E-state index < -0.39 is 0 Å². The van der Waals surface area contributed by atoms with Crippen molar-refractivity contribution in [3.05, 3.63) is 48.8 Å². The van der Waals surface area contributed by atoms with E-state index in [1.54, 1.807) is 17.4 Å². The molecule has 1 aromatic carbocycles. The Kier molecular flexibility index (Phi) is 4.76. The van der Waals surface area contributed by atoms with E-state index in [0.717, 1.165) is 18.8 Å². The number of aromatic nitrogens is 1. The molecule has 0 aliphatic heterocycles. The summed E-state index contributed by atoms with van der Waals surface area (Å²) in [5.74, 6) is -0.111. The number of hydrogen-bond donors (Lipinski definition) is 1. The Bertz CT molecular complexity index is 612.